The van der Waals surface area contributed by atoms with Crippen LogP contribution in [0, 0.1) is 5.82 Å². The van der Waals surface area contributed by atoms with Gasteiger partial charge in [0.05, 0.1) is 23.2 Å². The minimum Gasteiger partial charge on any atom is -0.497 e. The first-order chi connectivity index (χ1) is 11.8. The number of fused-ring (bicyclic) bond motifs is 1. The van der Waals surface area contributed by atoms with Crippen molar-refractivity contribution in [1.82, 2.24) is 4.57 Å². The fourth-order valence-electron chi connectivity index (χ4n) is 2.68. The molecule has 0 aliphatic carbocycles. The van der Waals surface area contributed by atoms with Gasteiger partial charge in [-0.15, -0.1) is 0 Å². The number of primary amides is 2. The predicted molar refractivity (Wildman–Crippen MR) is 92.4 cm³/mol. The Kier molecular flexibility index (Phi) is 4.10. The molecule has 0 unspecified atom stereocenters. The molecule has 6 nitrogen and oxygen atoms in total. The Labute approximate surface area is 146 Å². The number of aromatic nitrogens is 1. The number of nitrogens with zero attached hydrogens (tertiary/aromatic N) is 1. The third-order valence-corrected chi connectivity index (χ3v) is 4.26. The second-order valence-corrected chi connectivity index (χ2v) is 5.66. The zero-order chi connectivity index (χ0) is 18.3. The summed E-state index contributed by atoms with van der Waals surface area (Å²) in [6, 6.07) is 7.03. The molecular formula is C17H13ClFN3O3. The molecule has 0 radical (unpaired) electrons. The van der Waals surface area contributed by atoms with Gasteiger partial charge in [-0.2, -0.15) is 0 Å². The molecular weight excluding hydrogens is 349 g/mol. The number of nitrogens with two attached hydrogens (primary N) is 2. The topological polar surface area (TPSA) is 100 Å². The summed E-state index contributed by atoms with van der Waals surface area (Å²) in [5.41, 5.74) is 11.5. The van der Waals surface area contributed by atoms with Crippen molar-refractivity contribution in [3.8, 4) is 16.9 Å². The highest BCUT2D eigenvalue weighted by Crippen LogP contribution is 2.38. The summed E-state index contributed by atoms with van der Waals surface area (Å²) in [5.74, 6) is -1.31. The Morgan fingerprint density at radius 3 is 2.48 bits per heavy atom. The van der Waals surface area contributed by atoms with E-state index in [9.17, 15) is 14.0 Å². The number of amides is 2. The molecule has 8 heteroatoms. The number of methoxy groups -OCH3 is 1. The number of benzene rings is 2. The van der Waals surface area contributed by atoms with Crippen LogP contribution in [0.25, 0.3) is 22.0 Å². The standard InChI is InChI=1S/C17H13ClFN3O3/c1-25-8-2-3-9-12(7-22(17(21)24)13(9)6-8)10-4-5-11(16(20)23)15(19)14(10)18/h2-7H,1H3,(H2,20,23)(H2,21,24). The molecule has 4 N–H and O–H groups in total. The molecule has 0 aliphatic heterocycles. The number of rotatable bonds is 3. The van der Waals surface area contributed by atoms with E-state index in [1.54, 1.807) is 18.2 Å². The van der Waals surface area contributed by atoms with Crippen LogP contribution in [-0.4, -0.2) is 23.6 Å². The Morgan fingerprint density at radius 1 is 1.16 bits per heavy atom. The molecule has 1 aromatic heterocycles. The van der Waals surface area contributed by atoms with Crippen LogP contribution < -0.4 is 16.2 Å². The van der Waals surface area contributed by atoms with Crippen LogP contribution >= 0.6 is 11.6 Å². The molecule has 0 saturated carbocycles. The maximum atomic E-state index is 14.3. The van der Waals surface area contributed by atoms with Crippen molar-refractivity contribution in [1.29, 1.82) is 0 Å². The third kappa shape index (κ3) is 2.68. The third-order valence-electron chi connectivity index (χ3n) is 3.89. The molecule has 25 heavy (non-hydrogen) atoms. The van der Waals surface area contributed by atoms with Gasteiger partial charge in [0, 0.05) is 28.8 Å². The lowest BCUT2D eigenvalue weighted by atomic mass is 10.0. The van der Waals surface area contributed by atoms with E-state index < -0.39 is 17.8 Å². The van der Waals surface area contributed by atoms with Crippen LogP contribution in [0.5, 0.6) is 5.75 Å². The molecule has 3 aromatic rings. The maximum absolute atomic E-state index is 14.3. The number of carbonyl (C=O) groups excluding carboxylic acids is 2. The fourth-order valence-corrected chi connectivity index (χ4v) is 2.95. The number of hydrogen-bond acceptors (Lipinski definition) is 3. The van der Waals surface area contributed by atoms with E-state index in [-0.39, 0.29) is 10.6 Å². The van der Waals surface area contributed by atoms with Gasteiger partial charge in [0.2, 0.25) is 0 Å². The average molecular weight is 362 g/mol. The van der Waals surface area contributed by atoms with Gasteiger partial charge in [0.25, 0.3) is 5.91 Å². The molecule has 1 heterocycles. The van der Waals surface area contributed by atoms with E-state index in [2.05, 4.69) is 0 Å². The van der Waals surface area contributed by atoms with Crippen molar-refractivity contribution in [2.75, 3.05) is 7.11 Å². The van der Waals surface area contributed by atoms with E-state index in [4.69, 9.17) is 27.8 Å². The zero-order valence-corrected chi connectivity index (χ0v) is 13.8. The lowest BCUT2D eigenvalue weighted by Crippen LogP contribution is -2.18. The van der Waals surface area contributed by atoms with Gasteiger partial charge in [-0.25, -0.2) is 9.18 Å². The van der Waals surface area contributed by atoms with Gasteiger partial charge >= 0.3 is 6.03 Å². The fraction of sp³-hybridized carbons (Fsp3) is 0.0588. The van der Waals surface area contributed by atoms with E-state index in [1.807, 2.05) is 0 Å². The van der Waals surface area contributed by atoms with Crippen molar-refractivity contribution in [2.45, 2.75) is 0 Å². The molecule has 0 atom stereocenters. The minimum atomic E-state index is -0.921. The summed E-state index contributed by atoms with van der Waals surface area (Å²) < 4.78 is 20.7. The van der Waals surface area contributed by atoms with Crippen molar-refractivity contribution < 1.29 is 18.7 Å². The molecule has 0 fully saturated rings. The first kappa shape index (κ1) is 16.8. The molecule has 0 bridgehead atoms. The van der Waals surface area contributed by atoms with Gasteiger partial charge in [-0.05, 0) is 18.2 Å². The number of ether oxygens (including phenoxy) is 1. The van der Waals surface area contributed by atoms with Crippen LogP contribution in [0.1, 0.15) is 10.4 Å². The second kappa shape index (κ2) is 6.10. The van der Waals surface area contributed by atoms with Gasteiger partial charge in [0.1, 0.15) is 5.75 Å². The maximum Gasteiger partial charge on any atom is 0.323 e. The molecule has 0 aliphatic rings. The van der Waals surface area contributed by atoms with Gasteiger partial charge < -0.3 is 16.2 Å². The second-order valence-electron chi connectivity index (χ2n) is 5.29. The smallest absolute Gasteiger partial charge is 0.323 e. The lowest BCUT2D eigenvalue weighted by Gasteiger charge is -2.07. The number of carbonyl (C=O) groups is 2. The molecule has 3 rings (SSSR count). The van der Waals surface area contributed by atoms with E-state index >= 15 is 0 Å². The largest absolute Gasteiger partial charge is 0.497 e. The van der Waals surface area contributed by atoms with Gasteiger partial charge in [-0.1, -0.05) is 17.7 Å². The monoisotopic (exact) mass is 361 g/mol. The summed E-state index contributed by atoms with van der Waals surface area (Å²) in [4.78, 5) is 23.0. The lowest BCUT2D eigenvalue weighted by molar-refractivity contribution is 0.0996. The number of halogens is 2. The van der Waals surface area contributed by atoms with Crippen molar-refractivity contribution in [3.05, 3.63) is 52.9 Å². The van der Waals surface area contributed by atoms with E-state index in [0.29, 0.717) is 27.8 Å². The Hall–Kier alpha value is -3.06. The van der Waals surface area contributed by atoms with Gasteiger partial charge in [-0.3, -0.25) is 9.36 Å². The number of hydrogen-bond donors (Lipinski definition) is 2. The SMILES string of the molecule is COc1ccc2c(-c3ccc(C(N)=O)c(F)c3Cl)cn(C(N)=O)c2c1. The molecule has 2 aromatic carbocycles. The van der Waals surface area contributed by atoms with Crippen molar-refractivity contribution >= 4 is 34.4 Å². The minimum absolute atomic E-state index is 0.268. The van der Waals surface area contributed by atoms with Crippen LogP contribution in [0.15, 0.2) is 36.5 Å². The van der Waals surface area contributed by atoms with Crippen LogP contribution in [0.4, 0.5) is 9.18 Å². The normalized spacial score (nSPS) is 10.8. The highest BCUT2D eigenvalue weighted by molar-refractivity contribution is 6.34. The molecule has 2 amide bonds. The summed E-state index contributed by atoms with van der Waals surface area (Å²) in [5, 5.41) is 0.350. The summed E-state index contributed by atoms with van der Waals surface area (Å²) in [6.07, 6.45) is 1.46. The quantitative estimate of drug-likeness (QED) is 0.749. The van der Waals surface area contributed by atoms with Gasteiger partial charge in [0.15, 0.2) is 5.82 Å². The Balaban J connectivity index is 2.32. The van der Waals surface area contributed by atoms with Crippen LogP contribution in [-0.2, 0) is 0 Å². The first-order valence-corrected chi connectivity index (χ1v) is 7.50. The Morgan fingerprint density at radius 2 is 1.88 bits per heavy atom. The average Bonchev–Trinajstić information content (AvgIpc) is 2.95. The predicted octanol–water partition coefficient (Wildman–Crippen LogP) is 3.14. The summed E-state index contributed by atoms with van der Waals surface area (Å²) >= 11 is 6.09. The first-order valence-electron chi connectivity index (χ1n) is 7.12. The van der Waals surface area contributed by atoms with E-state index in [1.165, 1.54) is 30.0 Å². The summed E-state index contributed by atoms with van der Waals surface area (Å²) in [7, 11) is 1.49. The summed E-state index contributed by atoms with van der Waals surface area (Å²) in [6.45, 7) is 0. The molecule has 128 valence electrons. The zero-order valence-electron chi connectivity index (χ0n) is 13.0. The highest BCUT2D eigenvalue weighted by Gasteiger charge is 2.20. The van der Waals surface area contributed by atoms with Crippen molar-refractivity contribution in [2.24, 2.45) is 11.5 Å². The molecule has 0 saturated heterocycles. The highest BCUT2D eigenvalue weighted by atomic mass is 35.5. The Bertz CT molecular complexity index is 1030. The molecule has 0 spiro atoms. The van der Waals surface area contributed by atoms with Crippen LogP contribution in [0.3, 0.4) is 0 Å². The van der Waals surface area contributed by atoms with Crippen molar-refractivity contribution in [3.63, 3.8) is 0 Å². The van der Waals surface area contributed by atoms with E-state index in [0.717, 1.165) is 0 Å². The van der Waals surface area contributed by atoms with Crippen LogP contribution in [0.2, 0.25) is 5.02 Å².